The number of nitrogens with zero attached hydrogens (tertiary/aromatic N) is 1. The number of nitrogens with one attached hydrogen (secondary N) is 1. The van der Waals surface area contributed by atoms with Crippen LogP contribution in [0, 0.1) is 11.3 Å². The molecular weight excluding hydrogens is 248 g/mol. The Hall–Kier alpha value is -2.05. The van der Waals surface area contributed by atoms with Crippen LogP contribution in [0.15, 0.2) is 36.4 Å². The highest BCUT2D eigenvalue weighted by Gasteiger charge is 2.19. The van der Waals surface area contributed by atoms with Crippen molar-refractivity contribution >= 4 is 16.5 Å². The molecule has 0 bridgehead atoms. The van der Waals surface area contributed by atoms with E-state index in [2.05, 4.69) is 11.4 Å². The van der Waals surface area contributed by atoms with Gasteiger partial charge in [0.05, 0.1) is 17.7 Å². The molecule has 0 aromatic heterocycles. The lowest BCUT2D eigenvalue weighted by Gasteiger charge is -2.27. The molecule has 1 fully saturated rings. The van der Waals surface area contributed by atoms with Gasteiger partial charge in [0, 0.05) is 17.1 Å². The maximum absolute atomic E-state index is 9.58. The van der Waals surface area contributed by atoms with Crippen molar-refractivity contribution in [2.24, 2.45) is 0 Å². The van der Waals surface area contributed by atoms with Crippen LogP contribution in [0.1, 0.15) is 31.2 Å². The maximum atomic E-state index is 9.58. The fraction of sp³-hybridized carbons (Fsp3) is 0.353. The first kappa shape index (κ1) is 13.0. The number of benzene rings is 2. The second kappa shape index (κ2) is 5.52. The Labute approximate surface area is 118 Å². The van der Waals surface area contributed by atoms with Crippen LogP contribution >= 0.6 is 0 Å². The minimum atomic E-state index is -0.143. The van der Waals surface area contributed by atoms with Crippen molar-refractivity contribution in [3.63, 3.8) is 0 Å². The van der Waals surface area contributed by atoms with E-state index < -0.39 is 0 Å². The van der Waals surface area contributed by atoms with Crippen LogP contribution in [0.3, 0.4) is 0 Å². The minimum absolute atomic E-state index is 0.143. The van der Waals surface area contributed by atoms with Gasteiger partial charge in [0.15, 0.2) is 0 Å². The van der Waals surface area contributed by atoms with Crippen LogP contribution in [-0.2, 0) is 0 Å². The molecule has 1 aliphatic rings. The normalized spacial score (nSPS) is 22.4. The standard InChI is InChI=1S/C17H18N2O/c18-11-13-5-1-3-12-4-2-6-16(17(12)13)19-14-7-9-15(20)10-8-14/h1-6,14-15,19-20H,7-10H2. The molecule has 2 N–H and O–H groups in total. The zero-order chi connectivity index (χ0) is 13.9. The van der Waals surface area contributed by atoms with Gasteiger partial charge in [-0.25, -0.2) is 0 Å². The van der Waals surface area contributed by atoms with Gasteiger partial charge in [0.2, 0.25) is 0 Å². The van der Waals surface area contributed by atoms with Gasteiger partial charge in [0.1, 0.15) is 0 Å². The molecule has 3 heteroatoms. The van der Waals surface area contributed by atoms with Gasteiger partial charge in [-0.1, -0.05) is 24.3 Å². The molecule has 0 atom stereocenters. The molecule has 1 saturated carbocycles. The summed E-state index contributed by atoms with van der Waals surface area (Å²) >= 11 is 0. The van der Waals surface area contributed by atoms with Crippen LogP contribution in [0.25, 0.3) is 10.8 Å². The second-order valence-corrected chi connectivity index (χ2v) is 5.47. The predicted molar refractivity (Wildman–Crippen MR) is 80.5 cm³/mol. The third-order valence-electron chi connectivity index (χ3n) is 4.08. The van der Waals surface area contributed by atoms with E-state index in [4.69, 9.17) is 0 Å². The molecule has 0 amide bonds. The van der Waals surface area contributed by atoms with Crippen LogP contribution in [-0.4, -0.2) is 17.3 Å². The highest BCUT2D eigenvalue weighted by Crippen LogP contribution is 2.29. The van der Waals surface area contributed by atoms with Gasteiger partial charge in [-0.15, -0.1) is 0 Å². The van der Waals surface area contributed by atoms with Crippen molar-refractivity contribution in [3.05, 3.63) is 42.0 Å². The van der Waals surface area contributed by atoms with Crippen LogP contribution in [0.2, 0.25) is 0 Å². The summed E-state index contributed by atoms with van der Waals surface area (Å²) in [5, 5.41) is 24.5. The number of fused-ring (bicyclic) bond motifs is 1. The molecule has 2 aromatic carbocycles. The summed E-state index contributed by atoms with van der Waals surface area (Å²) < 4.78 is 0. The lowest BCUT2D eigenvalue weighted by atomic mass is 9.92. The molecule has 3 nitrogen and oxygen atoms in total. The number of aliphatic hydroxyl groups excluding tert-OH is 1. The number of hydrogen-bond donors (Lipinski definition) is 2. The average Bonchev–Trinajstić information content (AvgIpc) is 2.49. The number of aliphatic hydroxyl groups is 1. The van der Waals surface area contributed by atoms with Gasteiger partial charge in [-0.3, -0.25) is 0 Å². The van der Waals surface area contributed by atoms with Crippen molar-refractivity contribution < 1.29 is 5.11 Å². The molecule has 0 radical (unpaired) electrons. The fourth-order valence-electron chi connectivity index (χ4n) is 2.99. The van der Waals surface area contributed by atoms with E-state index in [9.17, 15) is 10.4 Å². The Balaban J connectivity index is 1.93. The molecule has 2 aromatic rings. The summed E-state index contributed by atoms with van der Waals surface area (Å²) in [4.78, 5) is 0. The number of anilines is 1. The van der Waals surface area contributed by atoms with E-state index >= 15 is 0 Å². The average molecular weight is 266 g/mol. The quantitative estimate of drug-likeness (QED) is 0.875. The number of rotatable bonds is 2. The first-order valence-corrected chi connectivity index (χ1v) is 7.14. The monoisotopic (exact) mass is 266 g/mol. The van der Waals surface area contributed by atoms with Crippen LogP contribution in [0.4, 0.5) is 5.69 Å². The molecule has 0 aliphatic heterocycles. The molecule has 0 spiro atoms. The van der Waals surface area contributed by atoms with Gasteiger partial charge in [0.25, 0.3) is 0 Å². The van der Waals surface area contributed by atoms with Crippen LogP contribution < -0.4 is 5.32 Å². The maximum Gasteiger partial charge on any atom is 0.0998 e. The Morgan fingerprint density at radius 3 is 2.45 bits per heavy atom. The summed E-state index contributed by atoms with van der Waals surface area (Å²) in [5.74, 6) is 0. The van der Waals surface area contributed by atoms with Crippen molar-refractivity contribution in [2.75, 3.05) is 5.32 Å². The Bertz CT molecular complexity index is 646. The Morgan fingerprint density at radius 2 is 1.75 bits per heavy atom. The topological polar surface area (TPSA) is 56.0 Å². The molecular formula is C17H18N2O. The molecule has 0 unspecified atom stereocenters. The van der Waals surface area contributed by atoms with Crippen molar-refractivity contribution in [2.45, 2.75) is 37.8 Å². The zero-order valence-corrected chi connectivity index (χ0v) is 11.3. The SMILES string of the molecule is N#Cc1cccc2cccc(NC3CCC(O)CC3)c12. The van der Waals surface area contributed by atoms with E-state index in [-0.39, 0.29) is 6.10 Å². The van der Waals surface area contributed by atoms with E-state index in [1.807, 2.05) is 36.4 Å². The molecule has 102 valence electrons. The van der Waals surface area contributed by atoms with E-state index in [1.165, 1.54) is 0 Å². The minimum Gasteiger partial charge on any atom is -0.393 e. The zero-order valence-electron chi connectivity index (χ0n) is 11.3. The summed E-state index contributed by atoms with van der Waals surface area (Å²) in [6.07, 6.45) is 3.52. The van der Waals surface area contributed by atoms with Crippen molar-refractivity contribution in [1.82, 2.24) is 0 Å². The predicted octanol–water partition coefficient (Wildman–Crippen LogP) is 3.43. The third kappa shape index (κ3) is 2.48. The van der Waals surface area contributed by atoms with Crippen LogP contribution in [0.5, 0.6) is 0 Å². The molecule has 0 heterocycles. The molecule has 3 rings (SSSR count). The number of nitriles is 1. The number of hydrogen-bond acceptors (Lipinski definition) is 3. The van der Waals surface area contributed by atoms with E-state index in [0.717, 1.165) is 42.1 Å². The highest BCUT2D eigenvalue weighted by atomic mass is 16.3. The first-order valence-electron chi connectivity index (χ1n) is 7.14. The third-order valence-corrected chi connectivity index (χ3v) is 4.08. The first-order chi connectivity index (χ1) is 9.78. The smallest absolute Gasteiger partial charge is 0.0998 e. The summed E-state index contributed by atoms with van der Waals surface area (Å²) in [5.41, 5.74) is 1.74. The highest BCUT2D eigenvalue weighted by molar-refractivity contribution is 5.98. The molecule has 0 saturated heterocycles. The van der Waals surface area contributed by atoms with Gasteiger partial charge >= 0.3 is 0 Å². The second-order valence-electron chi connectivity index (χ2n) is 5.47. The summed E-state index contributed by atoms with van der Waals surface area (Å²) in [7, 11) is 0. The van der Waals surface area contributed by atoms with Crippen molar-refractivity contribution in [1.29, 1.82) is 5.26 Å². The van der Waals surface area contributed by atoms with E-state index in [0.29, 0.717) is 11.6 Å². The largest absolute Gasteiger partial charge is 0.393 e. The molecule has 20 heavy (non-hydrogen) atoms. The van der Waals surface area contributed by atoms with Gasteiger partial charge in [-0.05, 0) is 43.2 Å². The fourth-order valence-corrected chi connectivity index (χ4v) is 2.99. The van der Waals surface area contributed by atoms with E-state index in [1.54, 1.807) is 0 Å². The Morgan fingerprint density at radius 1 is 1.05 bits per heavy atom. The van der Waals surface area contributed by atoms with Crippen molar-refractivity contribution in [3.8, 4) is 6.07 Å². The summed E-state index contributed by atoms with van der Waals surface area (Å²) in [6, 6.07) is 14.6. The Kier molecular flexibility index (Phi) is 3.58. The lowest BCUT2D eigenvalue weighted by molar-refractivity contribution is 0.126. The molecule has 1 aliphatic carbocycles. The van der Waals surface area contributed by atoms with Gasteiger partial charge < -0.3 is 10.4 Å². The lowest BCUT2D eigenvalue weighted by Crippen LogP contribution is -2.28. The van der Waals surface area contributed by atoms with Gasteiger partial charge in [-0.2, -0.15) is 5.26 Å². The summed E-state index contributed by atoms with van der Waals surface area (Å²) in [6.45, 7) is 0.